The van der Waals surface area contributed by atoms with E-state index in [0.717, 1.165) is 16.9 Å². The van der Waals surface area contributed by atoms with E-state index in [1.807, 2.05) is 69.3 Å². The summed E-state index contributed by atoms with van der Waals surface area (Å²) in [6.07, 6.45) is -1.06. The second-order valence-corrected chi connectivity index (χ2v) is 8.39. The summed E-state index contributed by atoms with van der Waals surface area (Å²) in [6, 6.07) is 15.0. The highest BCUT2D eigenvalue weighted by Crippen LogP contribution is 2.16. The molecule has 0 fully saturated rings. The van der Waals surface area contributed by atoms with E-state index < -0.39 is 17.7 Å². The highest BCUT2D eigenvalue weighted by molar-refractivity contribution is 6.30. The van der Waals surface area contributed by atoms with Gasteiger partial charge in [0.05, 0.1) is 0 Å². The molecular weight excluding hydrogens is 404 g/mol. The third kappa shape index (κ3) is 8.33. The van der Waals surface area contributed by atoms with Gasteiger partial charge in [-0.05, 0) is 62.6 Å². The van der Waals surface area contributed by atoms with E-state index in [-0.39, 0.29) is 5.91 Å². The average molecular weight is 433 g/mol. The van der Waals surface area contributed by atoms with Gasteiger partial charge in [0, 0.05) is 17.1 Å². The maximum absolute atomic E-state index is 12.4. The standard InChI is InChI=1S/C23H29ClN2O4/c1-5-20(30-22(28)26-23(2,3)4)21(27)25-14-16-9-11-19(12-10-16)29-15-17-7-6-8-18(24)13-17/h6-13,20H,5,14-15H2,1-4H3,(H,25,27)(H,26,28)/t20-/m0/s1. The van der Waals surface area contributed by atoms with E-state index in [1.165, 1.54) is 0 Å². The number of ether oxygens (including phenoxy) is 2. The van der Waals surface area contributed by atoms with Crippen LogP contribution < -0.4 is 15.4 Å². The van der Waals surface area contributed by atoms with Crippen molar-refractivity contribution >= 4 is 23.6 Å². The zero-order chi connectivity index (χ0) is 22.1. The van der Waals surface area contributed by atoms with Crippen LogP contribution >= 0.6 is 11.6 Å². The fourth-order valence-electron chi connectivity index (χ4n) is 2.59. The van der Waals surface area contributed by atoms with Crippen molar-refractivity contribution in [2.24, 2.45) is 0 Å². The molecule has 0 spiro atoms. The summed E-state index contributed by atoms with van der Waals surface area (Å²) < 4.78 is 11.0. The number of amides is 2. The molecular formula is C23H29ClN2O4. The first-order chi connectivity index (χ1) is 14.2. The van der Waals surface area contributed by atoms with Crippen LogP contribution in [0.4, 0.5) is 4.79 Å². The minimum atomic E-state index is -0.840. The lowest BCUT2D eigenvalue weighted by atomic mass is 10.1. The molecule has 2 N–H and O–H groups in total. The van der Waals surface area contributed by atoms with Crippen LogP contribution in [0.15, 0.2) is 48.5 Å². The van der Waals surface area contributed by atoms with Crippen LogP contribution in [0.1, 0.15) is 45.2 Å². The van der Waals surface area contributed by atoms with Gasteiger partial charge in [-0.25, -0.2) is 4.79 Å². The quantitative estimate of drug-likeness (QED) is 0.625. The lowest BCUT2D eigenvalue weighted by Crippen LogP contribution is -2.45. The molecule has 0 heterocycles. The smallest absolute Gasteiger partial charge is 0.408 e. The normalized spacial score (nSPS) is 12.0. The first-order valence-corrected chi connectivity index (χ1v) is 10.3. The predicted molar refractivity (Wildman–Crippen MR) is 118 cm³/mol. The van der Waals surface area contributed by atoms with Crippen molar-refractivity contribution in [1.29, 1.82) is 0 Å². The third-order valence-corrected chi connectivity index (χ3v) is 4.31. The number of hydrogen-bond acceptors (Lipinski definition) is 4. The molecule has 2 aromatic rings. The Kier molecular flexibility index (Phi) is 8.54. The number of rotatable bonds is 8. The first kappa shape index (κ1) is 23.5. The fourth-order valence-corrected chi connectivity index (χ4v) is 2.80. The number of benzene rings is 2. The molecule has 7 heteroatoms. The Labute approximate surface area is 182 Å². The Balaban J connectivity index is 1.81. The SMILES string of the molecule is CC[C@H](OC(=O)NC(C)(C)C)C(=O)NCc1ccc(OCc2cccc(Cl)c2)cc1. The fraction of sp³-hybridized carbons (Fsp3) is 0.391. The summed E-state index contributed by atoms with van der Waals surface area (Å²) >= 11 is 5.98. The number of halogens is 1. The van der Waals surface area contributed by atoms with Crippen LogP contribution in [0.3, 0.4) is 0 Å². The lowest BCUT2D eigenvalue weighted by Gasteiger charge is -2.22. The average Bonchev–Trinajstić information content (AvgIpc) is 2.68. The number of alkyl carbamates (subject to hydrolysis) is 1. The number of carbonyl (C=O) groups excluding carboxylic acids is 2. The van der Waals surface area contributed by atoms with Crippen molar-refractivity contribution in [1.82, 2.24) is 10.6 Å². The number of hydrogen-bond donors (Lipinski definition) is 2. The zero-order valence-corrected chi connectivity index (χ0v) is 18.6. The number of nitrogens with one attached hydrogen (secondary N) is 2. The summed E-state index contributed by atoms with van der Waals surface area (Å²) in [6.45, 7) is 8.07. The molecule has 6 nitrogen and oxygen atoms in total. The summed E-state index contributed by atoms with van der Waals surface area (Å²) in [5.41, 5.74) is 1.47. The Morgan fingerprint density at radius 2 is 1.77 bits per heavy atom. The minimum Gasteiger partial charge on any atom is -0.489 e. The van der Waals surface area contributed by atoms with Crippen LogP contribution in [0, 0.1) is 0 Å². The molecule has 0 aliphatic rings. The van der Waals surface area contributed by atoms with Crippen LogP contribution in [-0.2, 0) is 22.7 Å². The van der Waals surface area contributed by atoms with Crippen molar-refractivity contribution in [3.8, 4) is 5.75 Å². The van der Waals surface area contributed by atoms with Crippen LogP contribution in [0.5, 0.6) is 5.75 Å². The maximum Gasteiger partial charge on any atom is 0.408 e. The lowest BCUT2D eigenvalue weighted by molar-refractivity contribution is -0.129. The zero-order valence-electron chi connectivity index (χ0n) is 17.8. The molecule has 30 heavy (non-hydrogen) atoms. The predicted octanol–water partition coefficient (Wildman–Crippen LogP) is 4.84. The summed E-state index contributed by atoms with van der Waals surface area (Å²) in [5, 5.41) is 6.16. The van der Waals surface area contributed by atoms with E-state index in [0.29, 0.717) is 24.6 Å². The molecule has 0 unspecified atom stereocenters. The second-order valence-electron chi connectivity index (χ2n) is 7.96. The van der Waals surface area contributed by atoms with Gasteiger partial charge in [-0.2, -0.15) is 0 Å². The molecule has 1 atom stereocenters. The summed E-state index contributed by atoms with van der Waals surface area (Å²) in [4.78, 5) is 24.2. The molecule has 0 aliphatic heterocycles. The molecule has 2 aromatic carbocycles. The van der Waals surface area contributed by atoms with Gasteiger partial charge < -0.3 is 20.1 Å². The van der Waals surface area contributed by atoms with Crippen molar-refractivity contribution < 1.29 is 19.1 Å². The molecule has 0 saturated carbocycles. The van der Waals surface area contributed by atoms with Crippen molar-refractivity contribution in [3.63, 3.8) is 0 Å². The van der Waals surface area contributed by atoms with E-state index in [1.54, 1.807) is 6.92 Å². The molecule has 0 aliphatic carbocycles. The Hall–Kier alpha value is -2.73. The van der Waals surface area contributed by atoms with E-state index in [4.69, 9.17) is 21.1 Å². The largest absolute Gasteiger partial charge is 0.489 e. The molecule has 0 aromatic heterocycles. The second kappa shape index (κ2) is 10.9. The molecule has 2 amide bonds. The maximum atomic E-state index is 12.4. The third-order valence-electron chi connectivity index (χ3n) is 4.07. The van der Waals surface area contributed by atoms with Crippen LogP contribution in [0.25, 0.3) is 0 Å². The van der Waals surface area contributed by atoms with E-state index in [9.17, 15) is 9.59 Å². The van der Waals surface area contributed by atoms with Gasteiger partial charge in [0.1, 0.15) is 12.4 Å². The monoisotopic (exact) mass is 432 g/mol. The van der Waals surface area contributed by atoms with Gasteiger partial charge in [0.2, 0.25) is 0 Å². The first-order valence-electron chi connectivity index (χ1n) is 9.89. The molecule has 0 radical (unpaired) electrons. The highest BCUT2D eigenvalue weighted by atomic mass is 35.5. The highest BCUT2D eigenvalue weighted by Gasteiger charge is 2.23. The van der Waals surface area contributed by atoms with Crippen molar-refractivity contribution in [2.45, 2.75) is 58.9 Å². The molecule has 0 bridgehead atoms. The van der Waals surface area contributed by atoms with Gasteiger partial charge in [-0.1, -0.05) is 42.8 Å². The minimum absolute atomic E-state index is 0.328. The van der Waals surface area contributed by atoms with E-state index >= 15 is 0 Å². The summed E-state index contributed by atoms with van der Waals surface area (Å²) in [5.74, 6) is 0.390. The Morgan fingerprint density at radius 3 is 2.37 bits per heavy atom. The molecule has 162 valence electrons. The van der Waals surface area contributed by atoms with Crippen molar-refractivity contribution in [2.75, 3.05) is 0 Å². The Bertz CT molecular complexity index is 847. The number of carbonyl (C=O) groups is 2. The summed E-state index contributed by atoms with van der Waals surface area (Å²) in [7, 11) is 0. The topological polar surface area (TPSA) is 76.7 Å². The van der Waals surface area contributed by atoms with Gasteiger partial charge >= 0.3 is 6.09 Å². The molecule has 0 saturated heterocycles. The van der Waals surface area contributed by atoms with E-state index in [2.05, 4.69) is 10.6 Å². The van der Waals surface area contributed by atoms with Gasteiger partial charge in [0.25, 0.3) is 5.91 Å². The van der Waals surface area contributed by atoms with Gasteiger partial charge in [-0.15, -0.1) is 0 Å². The van der Waals surface area contributed by atoms with Gasteiger partial charge in [-0.3, -0.25) is 4.79 Å². The van der Waals surface area contributed by atoms with Crippen LogP contribution in [-0.4, -0.2) is 23.6 Å². The van der Waals surface area contributed by atoms with Crippen LogP contribution in [0.2, 0.25) is 5.02 Å². The Morgan fingerprint density at radius 1 is 1.07 bits per heavy atom. The molecule has 2 rings (SSSR count). The van der Waals surface area contributed by atoms with Crippen molar-refractivity contribution in [3.05, 3.63) is 64.7 Å². The van der Waals surface area contributed by atoms with Gasteiger partial charge in [0.15, 0.2) is 6.10 Å².